The summed E-state index contributed by atoms with van der Waals surface area (Å²) in [6.07, 6.45) is 32.7. The number of primary amides is 4. The second kappa shape index (κ2) is 65.3. The zero-order valence-electron chi connectivity index (χ0n) is 82.3. The Morgan fingerprint density at radius 3 is 1.06 bits per heavy atom. The van der Waals surface area contributed by atoms with Gasteiger partial charge in [0.05, 0.1) is 55.9 Å². The molecule has 0 aromatic heterocycles. The maximum Gasteiger partial charge on any atom is 0.410 e. The number of nitrogens with two attached hydrogens (primary N) is 6. The van der Waals surface area contributed by atoms with E-state index in [2.05, 4.69) is 71.6 Å². The third-order valence-corrected chi connectivity index (χ3v) is 25.7. The van der Waals surface area contributed by atoms with Crippen LogP contribution in [0.1, 0.15) is 289 Å². The van der Waals surface area contributed by atoms with Gasteiger partial charge >= 0.3 is 36.6 Å². The summed E-state index contributed by atoms with van der Waals surface area (Å²) < 4.78 is 61.4. The lowest BCUT2D eigenvalue weighted by Gasteiger charge is -2.31. The molecule has 0 spiro atoms. The molecule has 130 heavy (non-hydrogen) atoms. The molecule has 5 saturated carbocycles. The van der Waals surface area contributed by atoms with E-state index in [1.54, 1.807) is 32.9 Å². The van der Waals surface area contributed by atoms with Gasteiger partial charge < -0.3 is 99.3 Å². The van der Waals surface area contributed by atoms with Crippen molar-refractivity contribution >= 4 is 92.7 Å². The van der Waals surface area contributed by atoms with Crippen molar-refractivity contribution in [3.8, 4) is 0 Å². The molecule has 0 saturated heterocycles. The zero-order valence-corrected chi connectivity index (χ0v) is 85.1. The first kappa shape index (κ1) is 125. The van der Waals surface area contributed by atoms with Crippen LogP contribution < -0.4 is 61.0 Å². The van der Waals surface area contributed by atoms with Gasteiger partial charge in [-0.3, -0.25) is 33.5 Å². The number of rotatable bonds is 36. The van der Waals surface area contributed by atoms with Crippen molar-refractivity contribution in [2.45, 2.75) is 399 Å². The lowest BCUT2D eigenvalue weighted by molar-refractivity contribution is -0.119. The molecular weight excluding hydrogens is 1720 g/mol. The van der Waals surface area contributed by atoms with Crippen LogP contribution in [0.3, 0.4) is 0 Å². The number of nitrogens with zero attached hydrogens (tertiary/aromatic N) is 2. The molecule has 1 aromatic rings. The minimum Gasteiger partial charge on any atom is -0.450 e. The van der Waals surface area contributed by atoms with Gasteiger partial charge in [0, 0.05) is 47.9 Å². The van der Waals surface area contributed by atoms with Crippen LogP contribution in [0.5, 0.6) is 0 Å². The van der Waals surface area contributed by atoms with Crippen molar-refractivity contribution in [2.75, 3.05) is 65.6 Å². The highest BCUT2D eigenvalue weighted by Gasteiger charge is 2.32. The molecule has 0 heterocycles. The fourth-order valence-electron chi connectivity index (χ4n) is 15.2. The van der Waals surface area contributed by atoms with E-state index in [0.717, 1.165) is 68.9 Å². The number of benzene rings is 1. The second-order valence-electron chi connectivity index (χ2n) is 41.7. The number of aldehydes is 1. The summed E-state index contributed by atoms with van der Waals surface area (Å²) in [6.45, 7) is 38.4. The number of alkyl carbamates (subject to hydrolysis) is 4. The van der Waals surface area contributed by atoms with Gasteiger partial charge in [-0.05, 0) is 176 Å². The van der Waals surface area contributed by atoms with Crippen LogP contribution in [0, 0.1) is 36.5 Å². The van der Waals surface area contributed by atoms with Crippen LogP contribution >= 0.6 is 0 Å². The molecule has 756 valence electrons. The quantitative estimate of drug-likeness (QED) is 0.0128. The molecule has 37 heteroatoms. The first-order valence-corrected chi connectivity index (χ1v) is 55.8. The van der Waals surface area contributed by atoms with Crippen molar-refractivity contribution in [3.63, 3.8) is 0 Å². The van der Waals surface area contributed by atoms with Crippen molar-refractivity contribution in [1.82, 2.24) is 36.4 Å². The Labute approximate surface area is 782 Å². The molecule has 5 aliphatic rings. The first-order valence-electron chi connectivity index (χ1n) is 47.0. The van der Waals surface area contributed by atoms with Crippen LogP contribution in [0.4, 0.5) is 28.8 Å². The first-order chi connectivity index (χ1) is 59.8. The third-order valence-electron chi connectivity index (χ3n) is 21.4. The fourth-order valence-corrected chi connectivity index (χ4v) is 17.2. The van der Waals surface area contributed by atoms with E-state index in [1.807, 2.05) is 69.2 Å². The summed E-state index contributed by atoms with van der Waals surface area (Å²) in [4.78, 5) is 129. The van der Waals surface area contributed by atoms with Gasteiger partial charge in [-0.25, -0.2) is 28.8 Å². The summed E-state index contributed by atoms with van der Waals surface area (Å²) >= 11 is 0. The number of amides is 10. The Bertz CT molecular complexity index is 3490. The molecular formula is C93H179N13O21SSi2. The van der Waals surface area contributed by atoms with E-state index in [-0.39, 0.29) is 75.8 Å². The van der Waals surface area contributed by atoms with Crippen LogP contribution in [0.25, 0.3) is 0 Å². The van der Waals surface area contributed by atoms with Crippen molar-refractivity contribution in [2.24, 2.45) is 64.0 Å². The van der Waals surface area contributed by atoms with Crippen LogP contribution in [0.15, 0.2) is 29.2 Å². The summed E-state index contributed by atoms with van der Waals surface area (Å²) in [5.41, 5.74) is 30.0. The van der Waals surface area contributed by atoms with E-state index >= 15 is 0 Å². The van der Waals surface area contributed by atoms with E-state index in [0.29, 0.717) is 55.9 Å². The smallest absolute Gasteiger partial charge is 0.410 e. The highest BCUT2D eigenvalue weighted by atomic mass is 32.2. The minimum absolute atomic E-state index is 0. The Kier molecular flexibility index (Phi) is 62.6. The average molecular weight is 1900 g/mol. The molecule has 6 rings (SSSR count). The predicted octanol–water partition coefficient (Wildman–Crippen LogP) is 14.8. The summed E-state index contributed by atoms with van der Waals surface area (Å²) in [5, 5.41) is 23.6. The standard InChI is InChI=1S/C22H43N3O5Si.C17H35N3O3Si.C16H31N3O3.C14H27NO3.C14H25NO3.C7H8O3S.C2H6N2O.CH4/c1-22(2,3)30-20(27)24-18(14-17-10-8-7-9-11-17)15-25(16-19(23)26)21(28)29-12-13-31(4,5)6;1-24(2,3)10-9-23-17(22)20(13-16(19)21)12-15(18)11-14-7-5-4-6-8-14;1-16(2,3)22-15(21)19-13(10-18-11-14(17)20)9-12-7-5-4-6-8-12;2*1-14(2,3)18-13(17)15-12(10-16)9-11-7-5-4-6-8-11;1-6-2-4-7(5-3-6)11(8,9)10;3-1-2(4)5;/h17-18H,7-16H2,1-6H3,(H2,23,26)(H,24,27);14-15H,4-13,18H2,1-3H3,(H2,19,21);12-13,18H,4-11H2,1-3H3,(H2,17,20)(H,19,21);11-12,16H,4-10H2,1-3H3,(H,15,17);10-12H,4-9H2,1-3H3,(H,15,17);2-5H,1H3,(H,8,9,10);1,3H2,(H2,4,5);1H4/t18-;15-;13-;2*12-;;;/m00000.../s1. The second-order valence-corrected chi connectivity index (χ2v) is 54.3. The molecule has 5 atom stereocenters. The predicted molar refractivity (Wildman–Crippen MR) is 518 cm³/mol. The zero-order chi connectivity index (χ0) is 98.4. The number of carbonyl (C=O) groups is 11. The Balaban J connectivity index is 0. The van der Waals surface area contributed by atoms with Gasteiger partial charge in [0.25, 0.3) is 10.1 Å². The van der Waals surface area contributed by atoms with Gasteiger partial charge in [-0.1, -0.05) is 225 Å². The lowest BCUT2D eigenvalue weighted by Crippen LogP contribution is -2.50. The molecule has 0 aliphatic heterocycles. The molecule has 0 radical (unpaired) electrons. The summed E-state index contributed by atoms with van der Waals surface area (Å²) in [7, 11) is -6.64. The van der Waals surface area contributed by atoms with E-state index in [1.165, 1.54) is 170 Å². The topological polar surface area (TPSA) is 540 Å². The molecule has 5 fully saturated rings. The van der Waals surface area contributed by atoms with Gasteiger partial charge in [0.15, 0.2) is 0 Å². The SMILES string of the molecule is C.CC(C)(C)OC(=O)N[C@@H](CC1CCCCC1)CN(CC(N)=O)C(=O)OCC[Si](C)(C)C.CC(C)(C)OC(=O)N[C@H](C=O)CC1CCCCC1.CC(C)(C)OC(=O)N[C@H](CNCC(N)=O)CC1CCCCC1.CC(C)(C)OC(=O)N[C@H](CO)CC1CCCCC1.C[Si](C)(C)CCOC(=O)N(CC(N)=O)C[C@@H](N)CC1CCCCC1.Cc1ccc(S(=O)(=O)O)cc1.NCC(N)=O. The summed E-state index contributed by atoms with van der Waals surface area (Å²) in [6, 6.07) is 6.60. The Morgan fingerprint density at radius 1 is 0.462 bits per heavy atom. The number of nitrogens with one attached hydrogen (secondary N) is 5. The molecule has 1 aromatic carbocycles. The molecule has 0 unspecified atom stereocenters. The number of hydrogen-bond acceptors (Lipinski definition) is 23. The van der Waals surface area contributed by atoms with Crippen LogP contribution in [0.2, 0.25) is 51.4 Å². The van der Waals surface area contributed by atoms with Gasteiger partial charge in [0.1, 0.15) is 41.8 Å². The fraction of sp³-hybridized carbons (Fsp3) is 0.817. The highest BCUT2D eigenvalue weighted by Crippen LogP contribution is 2.32. The van der Waals surface area contributed by atoms with Gasteiger partial charge in [0.2, 0.25) is 23.6 Å². The average Bonchev–Trinajstić information content (AvgIpc) is 0.863. The van der Waals surface area contributed by atoms with Crippen LogP contribution in [-0.4, -0.2) is 229 Å². The van der Waals surface area contributed by atoms with Gasteiger partial charge in [-0.15, -0.1) is 0 Å². The maximum absolute atomic E-state index is 12.7. The Morgan fingerprint density at radius 2 is 0.762 bits per heavy atom. The number of aliphatic hydroxyl groups is 1. The number of hydrogen-bond donors (Lipinski definition) is 13. The minimum atomic E-state index is -4.02. The van der Waals surface area contributed by atoms with Gasteiger partial charge in [-0.2, -0.15) is 8.42 Å². The maximum atomic E-state index is 12.7. The van der Waals surface area contributed by atoms with Crippen molar-refractivity contribution < 1.29 is 99.2 Å². The van der Waals surface area contributed by atoms with Crippen molar-refractivity contribution in [1.29, 1.82) is 0 Å². The van der Waals surface area contributed by atoms with E-state index < -0.39 is 115 Å². The van der Waals surface area contributed by atoms with Crippen molar-refractivity contribution in [3.05, 3.63) is 29.8 Å². The monoisotopic (exact) mass is 1900 g/mol. The largest absolute Gasteiger partial charge is 0.450 e. The molecule has 19 N–H and O–H groups in total. The number of aryl methyl sites for hydroxylation is 1. The molecule has 0 bridgehead atoms. The highest BCUT2D eigenvalue weighted by molar-refractivity contribution is 7.85. The lowest BCUT2D eigenvalue weighted by atomic mass is 9.84. The Hall–Kier alpha value is -7.43. The third kappa shape index (κ3) is 72.2. The molecule has 10 amide bonds. The van der Waals surface area contributed by atoms with Crippen LogP contribution in [-0.2, 0) is 62.5 Å². The molecule has 34 nitrogen and oxygen atoms in total. The van der Waals surface area contributed by atoms with E-state index in [9.17, 15) is 66.3 Å². The number of ether oxygens (including phenoxy) is 6. The summed E-state index contributed by atoms with van der Waals surface area (Å²) in [5.74, 6) is 0.898. The normalized spacial score (nSPS) is 16.7. The number of carbonyl (C=O) groups excluding carboxylic acids is 11. The molecule has 5 aliphatic carbocycles. The van der Waals surface area contributed by atoms with E-state index in [4.69, 9.17) is 61.6 Å². The number of aliphatic hydroxyl groups excluding tert-OH is 1.